The van der Waals surface area contributed by atoms with E-state index >= 15 is 4.39 Å². The zero-order chi connectivity index (χ0) is 22.9. The normalized spacial score (nSPS) is 15.9. The van der Waals surface area contributed by atoms with E-state index in [4.69, 9.17) is 19.9 Å². The van der Waals surface area contributed by atoms with Crippen molar-refractivity contribution in [2.45, 2.75) is 25.9 Å². The maximum atomic E-state index is 15.3. The fourth-order valence-electron chi connectivity index (χ4n) is 4.13. The number of halogens is 1. The molecule has 2 aromatic heterocycles. The summed E-state index contributed by atoms with van der Waals surface area (Å²) in [6.07, 6.45) is 3.56. The number of anilines is 3. The molecule has 2 aliphatic rings. The zero-order valence-corrected chi connectivity index (χ0v) is 18.1. The van der Waals surface area contributed by atoms with Gasteiger partial charge in [0, 0.05) is 48.3 Å². The molecule has 3 aromatic rings. The summed E-state index contributed by atoms with van der Waals surface area (Å²) in [6, 6.07) is 3.32. The van der Waals surface area contributed by atoms with Gasteiger partial charge in [-0.15, -0.1) is 0 Å². The first-order chi connectivity index (χ1) is 16.0. The van der Waals surface area contributed by atoms with Gasteiger partial charge in [-0.2, -0.15) is 0 Å². The second kappa shape index (κ2) is 8.70. The highest BCUT2D eigenvalue weighted by Gasteiger charge is 2.22. The Labute approximate surface area is 189 Å². The molecule has 172 valence electrons. The number of hydrogen-bond acceptors (Lipinski definition) is 8. The number of carbonyl (C=O) groups is 1. The molecule has 0 atom stereocenters. The summed E-state index contributed by atoms with van der Waals surface area (Å²) in [7, 11) is 0. The van der Waals surface area contributed by atoms with E-state index in [1.54, 1.807) is 18.3 Å². The van der Waals surface area contributed by atoms with Crippen LogP contribution in [0.15, 0.2) is 24.5 Å². The summed E-state index contributed by atoms with van der Waals surface area (Å²) in [6.45, 7) is 4.18. The van der Waals surface area contributed by atoms with Crippen LogP contribution in [0.5, 0.6) is 5.88 Å². The van der Waals surface area contributed by atoms with Gasteiger partial charge in [-0.3, -0.25) is 5.32 Å². The first-order valence-electron chi connectivity index (χ1n) is 10.8. The average molecular weight is 453 g/mol. The summed E-state index contributed by atoms with van der Waals surface area (Å²) in [4.78, 5) is 20.8. The van der Waals surface area contributed by atoms with Crippen molar-refractivity contribution in [3.05, 3.63) is 35.9 Å². The number of pyridine rings is 2. The maximum Gasteiger partial charge on any atom is 0.413 e. The van der Waals surface area contributed by atoms with Crippen molar-refractivity contribution in [2.75, 3.05) is 42.7 Å². The quantitative estimate of drug-likeness (QED) is 0.512. The molecule has 2 aliphatic heterocycles. The Balaban J connectivity index is 1.47. The van der Waals surface area contributed by atoms with Crippen LogP contribution in [0.25, 0.3) is 21.9 Å². The highest BCUT2D eigenvalue weighted by atomic mass is 19.1. The number of nitrogen functional groups attached to an aromatic ring is 1. The molecular formula is C23H24FN5O4. The number of carbonyl (C=O) groups excluding carboxylic acids is 1. The van der Waals surface area contributed by atoms with Crippen molar-refractivity contribution >= 4 is 34.1 Å². The van der Waals surface area contributed by atoms with Crippen LogP contribution < -0.4 is 21.1 Å². The number of hydrogen-bond donors (Lipinski definition) is 3. The number of nitrogens with one attached hydrogen (secondary N) is 2. The van der Waals surface area contributed by atoms with Crippen LogP contribution in [-0.2, 0) is 9.47 Å². The average Bonchev–Trinajstić information content (AvgIpc) is 2.82. The van der Waals surface area contributed by atoms with Gasteiger partial charge in [0.2, 0.25) is 5.88 Å². The van der Waals surface area contributed by atoms with Gasteiger partial charge in [-0.1, -0.05) is 0 Å². The molecule has 10 heteroatoms. The third kappa shape index (κ3) is 4.09. The lowest BCUT2D eigenvalue weighted by Crippen LogP contribution is -2.28. The molecule has 0 unspecified atom stereocenters. The van der Waals surface area contributed by atoms with E-state index in [1.165, 1.54) is 6.20 Å². The lowest BCUT2D eigenvalue weighted by molar-refractivity contribution is 0.00590. The van der Waals surface area contributed by atoms with E-state index in [0.29, 0.717) is 67.0 Å². The Morgan fingerprint density at radius 2 is 2.03 bits per heavy atom. The number of rotatable bonds is 3. The summed E-state index contributed by atoms with van der Waals surface area (Å²) in [5, 5.41) is 6.97. The monoisotopic (exact) mass is 453 g/mol. The molecule has 1 saturated heterocycles. The molecule has 0 radical (unpaired) electrons. The molecule has 0 spiro atoms. The Kier molecular flexibility index (Phi) is 5.59. The minimum Gasteiger partial charge on any atom is -0.474 e. The number of amides is 1. The van der Waals surface area contributed by atoms with Crippen molar-refractivity contribution in [1.29, 1.82) is 0 Å². The van der Waals surface area contributed by atoms with E-state index in [-0.39, 0.29) is 17.6 Å². The standard InChI is InChI=1S/C23H24FN5O4/c1-12-16(10-28-22-21(12)26-4-7-32-22)15-8-13-9-18(27-11-17(13)20(25)19(15)24)29-23(30)33-14-2-5-31-6-3-14/h8-11,14,26H,2-7,25H2,1H3,(H,27,29,30). The van der Waals surface area contributed by atoms with Crippen LogP contribution in [-0.4, -0.2) is 48.5 Å². The van der Waals surface area contributed by atoms with Gasteiger partial charge in [0.1, 0.15) is 24.2 Å². The Hall–Kier alpha value is -3.66. The number of ether oxygens (including phenoxy) is 3. The molecule has 33 heavy (non-hydrogen) atoms. The summed E-state index contributed by atoms with van der Waals surface area (Å²) < 4.78 is 31.5. The van der Waals surface area contributed by atoms with Crippen LogP contribution in [0.3, 0.4) is 0 Å². The predicted octanol–water partition coefficient (Wildman–Crippen LogP) is 3.86. The van der Waals surface area contributed by atoms with E-state index < -0.39 is 11.9 Å². The highest BCUT2D eigenvalue weighted by Crippen LogP contribution is 2.39. The number of fused-ring (bicyclic) bond motifs is 2. The molecule has 0 bridgehead atoms. The van der Waals surface area contributed by atoms with Gasteiger partial charge in [-0.25, -0.2) is 19.2 Å². The topological polar surface area (TPSA) is 121 Å². The summed E-state index contributed by atoms with van der Waals surface area (Å²) in [5.74, 6) is 0.229. The highest BCUT2D eigenvalue weighted by molar-refractivity contribution is 5.99. The van der Waals surface area contributed by atoms with Crippen LogP contribution >= 0.6 is 0 Å². The third-order valence-corrected chi connectivity index (χ3v) is 5.91. The maximum absolute atomic E-state index is 15.3. The van der Waals surface area contributed by atoms with Gasteiger partial charge in [0.15, 0.2) is 5.82 Å². The molecule has 1 fully saturated rings. The second-order valence-electron chi connectivity index (χ2n) is 8.04. The third-order valence-electron chi connectivity index (χ3n) is 5.91. The summed E-state index contributed by atoms with van der Waals surface area (Å²) in [5.41, 5.74) is 8.56. The Bertz CT molecular complexity index is 1230. The largest absolute Gasteiger partial charge is 0.474 e. The van der Waals surface area contributed by atoms with Crippen molar-refractivity contribution in [1.82, 2.24) is 9.97 Å². The number of nitrogens with two attached hydrogens (primary N) is 1. The first-order valence-corrected chi connectivity index (χ1v) is 10.8. The van der Waals surface area contributed by atoms with Crippen LogP contribution in [0.2, 0.25) is 0 Å². The second-order valence-corrected chi connectivity index (χ2v) is 8.04. The minimum atomic E-state index is -0.593. The van der Waals surface area contributed by atoms with Gasteiger partial charge in [-0.05, 0) is 30.0 Å². The van der Waals surface area contributed by atoms with Crippen LogP contribution in [0.4, 0.5) is 26.4 Å². The smallest absolute Gasteiger partial charge is 0.413 e. The van der Waals surface area contributed by atoms with E-state index in [0.717, 1.165) is 11.3 Å². The van der Waals surface area contributed by atoms with Crippen molar-refractivity contribution < 1.29 is 23.4 Å². The lowest BCUT2D eigenvalue weighted by Gasteiger charge is -2.22. The number of aromatic nitrogens is 2. The predicted molar refractivity (Wildman–Crippen MR) is 122 cm³/mol. The molecule has 4 heterocycles. The molecule has 5 rings (SSSR count). The van der Waals surface area contributed by atoms with E-state index in [1.807, 2.05) is 6.92 Å². The molecule has 0 aliphatic carbocycles. The molecule has 1 amide bonds. The fraction of sp³-hybridized carbons (Fsp3) is 0.348. The molecular weight excluding hydrogens is 429 g/mol. The molecule has 9 nitrogen and oxygen atoms in total. The lowest BCUT2D eigenvalue weighted by atomic mass is 9.97. The van der Waals surface area contributed by atoms with Gasteiger partial charge >= 0.3 is 6.09 Å². The van der Waals surface area contributed by atoms with E-state index in [2.05, 4.69) is 20.6 Å². The molecule has 1 aromatic carbocycles. The van der Waals surface area contributed by atoms with Gasteiger partial charge in [0.05, 0.1) is 18.9 Å². The molecule has 4 N–H and O–H groups in total. The number of benzene rings is 1. The van der Waals surface area contributed by atoms with Gasteiger partial charge in [0.25, 0.3) is 0 Å². The zero-order valence-electron chi connectivity index (χ0n) is 18.1. The van der Waals surface area contributed by atoms with E-state index in [9.17, 15) is 4.79 Å². The Morgan fingerprint density at radius 3 is 2.85 bits per heavy atom. The van der Waals surface area contributed by atoms with Crippen molar-refractivity contribution in [2.24, 2.45) is 0 Å². The molecule has 0 saturated carbocycles. The number of nitrogens with zero attached hydrogens (tertiary/aromatic N) is 2. The first kappa shape index (κ1) is 21.2. The van der Waals surface area contributed by atoms with Crippen LogP contribution in [0.1, 0.15) is 18.4 Å². The fourth-order valence-corrected chi connectivity index (χ4v) is 4.13. The summed E-state index contributed by atoms with van der Waals surface area (Å²) >= 11 is 0. The Morgan fingerprint density at radius 1 is 1.21 bits per heavy atom. The minimum absolute atomic E-state index is 0.0207. The van der Waals surface area contributed by atoms with Gasteiger partial charge < -0.3 is 25.3 Å². The van der Waals surface area contributed by atoms with Crippen molar-refractivity contribution in [3.63, 3.8) is 0 Å². The SMILES string of the molecule is Cc1c(-c2cc3cc(NC(=O)OC4CCOCC4)ncc3c(N)c2F)cnc2c1NCCO2. The van der Waals surface area contributed by atoms with Crippen LogP contribution in [0, 0.1) is 12.7 Å². The van der Waals surface area contributed by atoms with Crippen molar-refractivity contribution in [3.8, 4) is 17.0 Å².